The highest BCUT2D eigenvalue weighted by molar-refractivity contribution is 9.10. The highest BCUT2D eigenvalue weighted by Gasteiger charge is 2.23. The Hall–Kier alpha value is -3.66. The van der Waals surface area contributed by atoms with E-state index in [1.807, 2.05) is 42.5 Å². The fourth-order valence-corrected chi connectivity index (χ4v) is 5.54. The largest absolute Gasteiger partial charge is 0.425 e. The summed E-state index contributed by atoms with van der Waals surface area (Å²) in [7, 11) is -3.35. The molecule has 6 nitrogen and oxygen atoms in total. The van der Waals surface area contributed by atoms with Crippen molar-refractivity contribution in [3.63, 3.8) is 0 Å². The van der Waals surface area contributed by atoms with Gasteiger partial charge in [-0.15, -0.1) is 0 Å². The van der Waals surface area contributed by atoms with Crippen LogP contribution in [-0.4, -0.2) is 29.3 Å². The van der Waals surface area contributed by atoms with Crippen molar-refractivity contribution in [1.29, 1.82) is 0 Å². The van der Waals surface area contributed by atoms with Crippen LogP contribution in [0.3, 0.4) is 0 Å². The number of sulfone groups is 1. The summed E-state index contributed by atoms with van der Waals surface area (Å²) in [6, 6.07) is 26.9. The third-order valence-electron chi connectivity index (χ3n) is 6.02. The van der Waals surface area contributed by atoms with Crippen molar-refractivity contribution in [2.45, 2.75) is 11.4 Å². The molecule has 0 saturated heterocycles. The van der Waals surface area contributed by atoms with Crippen LogP contribution in [0.25, 0.3) is 21.9 Å². The second-order valence-electron chi connectivity index (χ2n) is 8.64. The van der Waals surface area contributed by atoms with Crippen LogP contribution in [0.2, 0.25) is 0 Å². The molecule has 0 aliphatic rings. The van der Waals surface area contributed by atoms with Crippen LogP contribution < -0.4 is 10.3 Å². The predicted octanol–water partition coefficient (Wildman–Crippen LogP) is 6.03. The van der Waals surface area contributed by atoms with Crippen LogP contribution >= 0.6 is 28.1 Å². The number of aromatic nitrogens is 2. The number of pyridine rings is 2. The Morgan fingerprint density at radius 3 is 2.32 bits per heavy atom. The van der Waals surface area contributed by atoms with Crippen LogP contribution in [0.4, 0.5) is 0 Å². The number of ether oxygens (including phenoxy) is 1. The molecule has 0 amide bonds. The van der Waals surface area contributed by atoms with Gasteiger partial charge in [-0.2, -0.15) is 0 Å². The summed E-state index contributed by atoms with van der Waals surface area (Å²) in [6.07, 6.45) is 2.76. The van der Waals surface area contributed by atoms with Gasteiger partial charge in [-0.1, -0.05) is 64.5 Å². The number of fused-ring (bicyclic) bond motifs is 1. The fourth-order valence-electron chi connectivity index (χ4n) is 4.25. The number of halogens is 1. The molecule has 3 aromatic carbocycles. The zero-order valence-corrected chi connectivity index (χ0v) is 23.4. The average molecular weight is 606 g/mol. The topological polar surface area (TPSA) is 78.3 Å². The second kappa shape index (κ2) is 10.6. The Balaban J connectivity index is 1.78. The molecule has 0 saturated carbocycles. The van der Waals surface area contributed by atoms with Crippen molar-refractivity contribution in [1.82, 2.24) is 9.55 Å². The Labute approximate surface area is 233 Å². The van der Waals surface area contributed by atoms with Gasteiger partial charge in [-0.3, -0.25) is 9.36 Å². The summed E-state index contributed by atoms with van der Waals surface area (Å²) < 4.78 is 32.3. The Morgan fingerprint density at radius 2 is 1.66 bits per heavy atom. The first-order valence-electron chi connectivity index (χ1n) is 11.6. The SMILES string of the molecule is CS(=O)(=O)c1ccc(Cn2c(C(=S)Oc3ccccn3)c(-c3ccccc3)c3cc(Br)ccc3c2=O)cc1. The molecule has 9 heteroatoms. The third kappa shape index (κ3) is 5.31. The molecular formula is C29H21BrN2O4S2. The van der Waals surface area contributed by atoms with Crippen molar-refractivity contribution >= 4 is 53.8 Å². The minimum absolute atomic E-state index is 0.0919. The minimum atomic E-state index is -3.35. The van der Waals surface area contributed by atoms with E-state index < -0.39 is 9.84 Å². The van der Waals surface area contributed by atoms with Gasteiger partial charge in [0.25, 0.3) is 5.56 Å². The quantitative estimate of drug-likeness (QED) is 0.220. The summed E-state index contributed by atoms with van der Waals surface area (Å²) in [5, 5.41) is 1.33. The lowest BCUT2D eigenvalue weighted by atomic mass is 9.96. The lowest BCUT2D eigenvalue weighted by Crippen LogP contribution is -2.29. The van der Waals surface area contributed by atoms with Crippen molar-refractivity contribution in [2.24, 2.45) is 0 Å². The lowest BCUT2D eigenvalue weighted by Gasteiger charge is -2.21. The number of nitrogens with zero attached hydrogens (tertiary/aromatic N) is 2. The van der Waals surface area contributed by atoms with Gasteiger partial charge in [0.15, 0.2) is 9.84 Å². The molecule has 5 aromatic rings. The Bertz CT molecular complexity index is 1820. The molecule has 0 aliphatic heterocycles. The lowest BCUT2D eigenvalue weighted by molar-refractivity contribution is 0.535. The predicted molar refractivity (Wildman–Crippen MR) is 157 cm³/mol. The van der Waals surface area contributed by atoms with E-state index in [2.05, 4.69) is 20.9 Å². The first-order valence-corrected chi connectivity index (χ1v) is 14.7. The van der Waals surface area contributed by atoms with Gasteiger partial charge >= 0.3 is 0 Å². The molecule has 5 rings (SSSR count). The summed E-state index contributed by atoms with van der Waals surface area (Å²) in [4.78, 5) is 18.4. The van der Waals surface area contributed by atoms with E-state index in [1.54, 1.807) is 47.2 Å². The average Bonchev–Trinajstić information content (AvgIpc) is 2.90. The van der Waals surface area contributed by atoms with Crippen LogP contribution in [0.1, 0.15) is 11.3 Å². The summed E-state index contributed by atoms with van der Waals surface area (Å²) >= 11 is 9.35. The van der Waals surface area contributed by atoms with Crippen LogP contribution in [0.5, 0.6) is 5.88 Å². The minimum Gasteiger partial charge on any atom is -0.425 e. The summed E-state index contributed by atoms with van der Waals surface area (Å²) in [5.74, 6) is 0.308. The molecular weight excluding hydrogens is 584 g/mol. The van der Waals surface area contributed by atoms with E-state index in [0.29, 0.717) is 17.0 Å². The zero-order valence-electron chi connectivity index (χ0n) is 20.2. The molecule has 190 valence electrons. The number of benzene rings is 3. The molecule has 0 unspecified atom stereocenters. The standard InChI is InChI=1S/C29H21BrN2O4S2/c1-38(34,35)22-13-10-19(11-14-22)18-32-27(29(37)36-25-9-5-6-16-31-25)26(20-7-3-2-4-8-20)24-17-21(30)12-15-23(24)28(32)33/h2-17H,18H2,1H3. The van der Waals surface area contributed by atoms with Crippen LogP contribution in [0, 0.1) is 0 Å². The van der Waals surface area contributed by atoms with Crippen molar-refractivity contribution in [3.8, 4) is 17.0 Å². The van der Waals surface area contributed by atoms with E-state index in [0.717, 1.165) is 32.8 Å². The third-order valence-corrected chi connectivity index (χ3v) is 7.91. The monoisotopic (exact) mass is 604 g/mol. The molecule has 0 atom stereocenters. The number of hydrogen-bond donors (Lipinski definition) is 0. The zero-order chi connectivity index (χ0) is 26.9. The van der Waals surface area contributed by atoms with Gasteiger partial charge in [0, 0.05) is 33.9 Å². The van der Waals surface area contributed by atoms with Gasteiger partial charge < -0.3 is 4.74 Å². The number of thiocarbonyl (C=S) groups is 1. The van der Waals surface area contributed by atoms with Crippen molar-refractivity contribution < 1.29 is 13.2 Å². The van der Waals surface area contributed by atoms with Gasteiger partial charge in [0.2, 0.25) is 10.9 Å². The second-order valence-corrected chi connectivity index (χ2v) is 11.9. The van der Waals surface area contributed by atoms with Gasteiger partial charge in [-0.25, -0.2) is 13.4 Å². The molecule has 0 aliphatic carbocycles. The highest BCUT2D eigenvalue weighted by Crippen LogP contribution is 2.33. The Morgan fingerprint density at radius 1 is 0.947 bits per heavy atom. The molecule has 2 aromatic heterocycles. The molecule has 0 bridgehead atoms. The van der Waals surface area contributed by atoms with Gasteiger partial charge in [-0.05, 0) is 65.1 Å². The maximum absolute atomic E-state index is 14.0. The molecule has 0 radical (unpaired) electrons. The first kappa shape index (κ1) is 26.0. The fraction of sp³-hybridized carbons (Fsp3) is 0.0690. The first-order chi connectivity index (χ1) is 18.2. The molecule has 38 heavy (non-hydrogen) atoms. The van der Waals surface area contributed by atoms with Crippen molar-refractivity contribution in [2.75, 3.05) is 6.26 Å². The molecule has 0 N–H and O–H groups in total. The summed E-state index contributed by atoms with van der Waals surface area (Å²) in [5.41, 5.74) is 2.52. The number of rotatable bonds is 6. The van der Waals surface area contributed by atoms with Crippen LogP contribution in [0.15, 0.2) is 111 Å². The van der Waals surface area contributed by atoms with Gasteiger partial charge in [0.05, 0.1) is 11.4 Å². The van der Waals surface area contributed by atoms with Crippen LogP contribution in [-0.2, 0) is 16.4 Å². The van der Waals surface area contributed by atoms with E-state index in [-0.39, 0.29) is 22.1 Å². The summed E-state index contributed by atoms with van der Waals surface area (Å²) in [6.45, 7) is 0.149. The molecule has 2 heterocycles. The smallest absolute Gasteiger partial charge is 0.259 e. The van der Waals surface area contributed by atoms with E-state index in [4.69, 9.17) is 17.0 Å². The maximum Gasteiger partial charge on any atom is 0.259 e. The normalized spacial score (nSPS) is 11.4. The number of hydrogen-bond acceptors (Lipinski definition) is 6. The molecule has 0 spiro atoms. The Kier molecular flexibility index (Phi) is 7.25. The van der Waals surface area contributed by atoms with E-state index >= 15 is 0 Å². The van der Waals surface area contributed by atoms with E-state index in [9.17, 15) is 13.2 Å². The van der Waals surface area contributed by atoms with Gasteiger partial charge in [0.1, 0.15) is 5.69 Å². The van der Waals surface area contributed by atoms with Crippen molar-refractivity contribution in [3.05, 3.63) is 123 Å². The maximum atomic E-state index is 14.0. The highest BCUT2D eigenvalue weighted by atomic mass is 79.9. The van der Waals surface area contributed by atoms with E-state index in [1.165, 1.54) is 12.1 Å². The molecule has 0 fully saturated rings.